The van der Waals surface area contributed by atoms with Crippen LogP contribution in [-0.2, 0) is 12.9 Å². The number of hydrogen-bond acceptors (Lipinski definition) is 2. The van der Waals surface area contributed by atoms with Crippen LogP contribution in [0.4, 0.5) is 5.82 Å². The van der Waals surface area contributed by atoms with Gasteiger partial charge in [-0.3, -0.25) is 4.68 Å². The van der Waals surface area contributed by atoms with E-state index in [0.29, 0.717) is 5.88 Å². The number of aromatic nitrogens is 2. The zero-order chi connectivity index (χ0) is 14.0. The van der Waals surface area contributed by atoms with Gasteiger partial charge in [-0.15, -0.1) is 11.6 Å². The topological polar surface area (TPSA) is 21.1 Å². The standard InChI is InChI=1S/C15H26ClN3/c1-11(2)13-6-5-8-19(9-7-13)15-14(10-16)12(3)17-18(15)4/h11,13H,5-10H2,1-4H3. The van der Waals surface area contributed by atoms with Gasteiger partial charge < -0.3 is 4.90 Å². The zero-order valence-corrected chi connectivity index (χ0v) is 13.4. The smallest absolute Gasteiger partial charge is 0.131 e. The highest BCUT2D eigenvalue weighted by atomic mass is 35.5. The lowest BCUT2D eigenvalue weighted by Crippen LogP contribution is -2.27. The van der Waals surface area contributed by atoms with Gasteiger partial charge in [-0.2, -0.15) is 5.10 Å². The van der Waals surface area contributed by atoms with Crippen molar-refractivity contribution >= 4 is 17.4 Å². The number of rotatable bonds is 3. The van der Waals surface area contributed by atoms with Crippen molar-refractivity contribution in [1.29, 1.82) is 0 Å². The molecule has 1 aromatic heterocycles. The van der Waals surface area contributed by atoms with Gasteiger partial charge in [-0.1, -0.05) is 13.8 Å². The summed E-state index contributed by atoms with van der Waals surface area (Å²) in [5.74, 6) is 3.44. The third-order valence-corrected chi connectivity index (χ3v) is 4.73. The molecule has 1 aromatic rings. The summed E-state index contributed by atoms with van der Waals surface area (Å²) in [5, 5.41) is 4.53. The van der Waals surface area contributed by atoms with Gasteiger partial charge in [0.2, 0.25) is 0 Å². The Morgan fingerprint density at radius 1 is 1.32 bits per heavy atom. The summed E-state index contributed by atoms with van der Waals surface area (Å²) in [7, 11) is 2.03. The maximum Gasteiger partial charge on any atom is 0.131 e. The van der Waals surface area contributed by atoms with Crippen molar-refractivity contribution in [1.82, 2.24) is 9.78 Å². The number of anilines is 1. The van der Waals surface area contributed by atoms with Gasteiger partial charge in [0.25, 0.3) is 0 Å². The first-order valence-electron chi connectivity index (χ1n) is 7.38. The first-order valence-corrected chi connectivity index (χ1v) is 7.91. The van der Waals surface area contributed by atoms with E-state index in [1.807, 2.05) is 11.7 Å². The van der Waals surface area contributed by atoms with E-state index >= 15 is 0 Å². The summed E-state index contributed by atoms with van der Waals surface area (Å²) in [4.78, 5) is 2.49. The highest BCUT2D eigenvalue weighted by Crippen LogP contribution is 2.30. The maximum absolute atomic E-state index is 6.11. The molecule has 0 amide bonds. The average Bonchev–Trinajstić information content (AvgIpc) is 2.56. The van der Waals surface area contributed by atoms with E-state index in [2.05, 4.69) is 30.8 Å². The number of aryl methyl sites for hydroxylation is 2. The minimum Gasteiger partial charge on any atom is -0.357 e. The lowest BCUT2D eigenvalue weighted by molar-refractivity contribution is 0.351. The van der Waals surface area contributed by atoms with Gasteiger partial charge in [-0.05, 0) is 38.0 Å². The molecular weight excluding hydrogens is 258 g/mol. The van der Waals surface area contributed by atoms with E-state index in [1.165, 1.54) is 30.6 Å². The molecule has 2 heterocycles. The Hall–Kier alpha value is -0.700. The van der Waals surface area contributed by atoms with E-state index in [0.717, 1.165) is 30.6 Å². The van der Waals surface area contributed by atoms with Crippen molar-refractivity contribution in [3.63, 3.8) is 0 Å². The number of alkyl halides is 1. The Morgan fingerprint density at radius 2 is 2.05 bits per heavy atom. The van der Waals surface area contributed by atoms with Gasteiger partial charge in [0.1, 0.15) is 5.82 Å². The van der Waals surface area contributed by atoms with Gasteiger partial charge in [0, 0.05) is 25.7 Å². The van der Waals surface area contributed by atoms with E-state index in [9.17, 15) is 0 Å². The normalized spacial score (nSPS) is 20.9. The summed E-state index contributed by atoms with van der Waals surface area (Å²) in [5.41, 5.74) is 2.27. The largest absolute Gasteiger partial charge is 0.357 e. The van der Waals surface area contributed by atoms with Crippen LogP contribution in [0.2, 0.25) is 0 Å². The van der Waals surface area contributed by atoms with E-state index in [-0.39, 0.29) is 0 Å². The fourth-order valence-electron chi connectivity index (χ4n) is 3.24. The van der Waals surface area contributed by atoms with Crippen LogP contribution in [0.3, 0.4) is 0 Å². The molecule has 0 aromatic carbocycles. The Labute approximate surface area is 121 Å². The predicted molar refractivity (Wildman–Crippen MR) is 81.9 cm³/mol. The average molecular weight is 284 g/mol. The second-order valence-corrected chi connectivity index (χ2v) is 6.33. The molecular formula is C15H26ClN3. The van der Waals surface area contributed by atoms with Crippen molar-refractivity contribution in [3.05, 3.63) is 11.3 Å². The van der Waals surface area contributed by atoms with Gasteiger partial charge in [0.15, 0.2) is 0 Å². The summed E-state index contributed by atoms with van der Waals surface area (Å²) in [6.45, 7) is 9.01. The molecule has 1 atom stereocenters. The molecule has 19 heavy (non-hydrogen) atoms. The molecule has 1 aliphatic rings. The first-order chi connectivity index (χ1) is 9.04. The number of nitrogens with zero attached hydrogens (tertiary/aromatic N) is 3. The molecule has 0 saturated carbocycles. The fourth-order valence-corrected chi connectivity index (χ4v) is 3.56. The van der Waals surface area contributed by atoms with Crippen molar-refractivity contribution in [3.8, 4) is 0 Å². The minimum absolute atomic E-state index is 0.555. The summed E-state index contributed by atoms with van der Waals surface area (Å²) >= 11 is 6.11. The summed E-state index contributed by atoms with van der Waals surface area (Å²) in [6.07, 6.45) is 3.90. The monoisotopic (exact) mass is 283 g/mol. The quantitative estimate of drug-likeness (QED) is 0.788. The minimum atomic E-state index is 0.555. The molecule has 1 aliphatic heterocycles. The molecule has 1 unspecified atom stereocenters. The Balaban J connectivity index is 2.18. The van der Waals surface area contributed by atoms with Crippen molar-refractivity contribution in [2.45, 2.75) is 45.9 Å². The molecule has 1 saturated heterocycles. The van der Waals surface area contributed by atoms with Gasteiger partial charge in [0.05, 0.1) is 11.6 Å². The van der Waals surface area contributed by atoms with E-state index < -0.39 is 0 Å². The second kappa shape index (κ2) is 6.17. The van der Waals surface area contributed by atoms with Crippen LogP contribution in [0.15, 0.2) is 0 Å². The van der Waals surface area contributed by atoms with Crippen LogP contribution in [0.1, 0.15) is 44.4 Å². The van der Waals surface area contributed by atoms with Gasteiger partial charge >= 0.3 is 0 Å². The lowest BCUT2D eigenvalue weighted by atomic mass is 9.89. The van der Waals surface area contributed by atoms with Crippen LogP contribution in [-0.4, -0.2) is 22.9 Å². The Morgan fingerprint density at radius 3 is 2.68 bits per heavy atom. The molecule has 4 heteroatoms. The molecule has 0 aliphatic carbocycles. The molecule has 0 spiro atoms. The van der Waals surface area contributed by atoms with Crippen LogP contribution >= 0.6 is 11.6 Å². The molecule has 108 valence electrons. The summed E-state index contributed by atoms with van der Waals surface area (Å²) in [6, 6.07) is 0. The van der Waals surface area contributed by atoms with Crippen LogP contribution in [0.5, 0.6) is 0 Å². The first kappa shape index (κ1) is 14.7. The van der Waals surface area contributed by atoms with Crippen LogP contribution < -0.4 is 4.90 Å². The second-order valence-electron chi connectivity index (χ2n) is 6.07. The molecule has 1 fully saturated rings. The maximum atomic E-state index is 6.11. The lowest BCUT2D eigenvalue weighted by Gasteiger charge is -2.24. The van der Waals surface area contributed by atoms with Crippen molar-refractivity contribution in [2.75, 3.05) is 18.0 Å². The highest BCUT2D eigenvalue weighted by molar-refractivity contribution is 6.17. The van der Waals surface area contributed by atoms with Crippen molar-refractivity contribution < 1.29 is 0 Å². The van der Waals surface area contributed by atoms with Gasteiger partial charge in [-0.25, -0.2) is 0 Å². The SMILES string of the molecule is Cc1nn(C)c(N2CCCC(C(C)C)CC2)c1CCl. The highest BCUT2D eigenvalue weighted by Gasteiger charge is 2.23. The molecule has 3 nitrogen and oxygen atoms in total. The van der Waals surface area contributed by atoms with Crippen molar-refractivity contribution in [2.24, 2.45) is 18.9 Å². The number of halogens is 1. The third kappa shape index (κ3) is 3.07. The number of hydrogen-bond donors (Lipinski definition) is 0. The molecule has 0 N–H and O–H groups in total. The molecule has 2 rings (SSSR count). The summed E-state index contributed by atoms with van der Waals surface area (Å²) < 4.78 is 2.00. The van der Waals surface area contributed by atoms with Crippen LogP contribution in [0.25, 0.3) is 0 Å². The predicted octanol–water partition coefficient (Wildman–Crippen LogP) is 3.73. The third-order valence-electron chi connectivity index (χ3n) is 4.46. The van der Waals surface area contributed by atoms with E-state index in [1.54, 1.807) is 0 Å². The molecule has 0 radical (unpaired) electrons. The Bertz CT molecular complexity index is 425. The Kier molecular flexibility index (Phi) is 4.77. The van der Waals surface area contributed by atoms with E-state index in [4.69, 9.17) is 11.6 Å². The van der Waals surface area contributed by atoms with Crippen LogP contribution in [0, 0.1) is 18.8 Å². The fraction of sp³-hybridized carbons (Fsp3) is 0.800. The molecule has 0 bridgehead atoms. The zero-order valence-electron chi connectivity index (χ0n) is 12.6.